The number of aromatic nitrogens is 1. The molecule has 0 unspecified atom stereocenters. The number of methoxy groups -OCH3 is 2. The molecule has 0 bridgehead atoms. The minimum atomic E-state index is -0.725. The quantitative estimate of drug-likeness (QED) is 0.346. The first-order valence-electron chi connectivity index (χ1n) is 11.2. The number of Topliss-reactive ketones (excluding diaryl/α,β-unsaturated/α-hetero) is 1. The highest BCUT2D eigenvalue weighted by molar-refractivity contribution is 5.99. The molecule has 1 heterocycles. The minimum absolute atomic E-state index is 0.0339. The number of carbonyl (C=O) groups is 3. The van der Waals surface area contributed by atoms with E-state index in [2.05, 4.69) is 18.8 Å². The molecule has 0 aliphatic carbocycles. The van der Waals surface area contributed by atoms with Crippen molar-refractivity contribution in [2.75, 3.05) is 14.2 Å². The van der Waals surface area contributed by atoms with E-state index in [-0.39, 0.29) is 35.4 Å². The summed E-state index contributed by atoms with van der Waals surface area (Å²) < 4.78 is 21.3. The summed E-state index contributed by atoms with van der Waals surface area (Å²) in [6.07, 6.45) is 0.811. The second kappa shape index (κ2) is 12.2. The van der Waals surface area contributed by atoms with Crippen LogP contribution in [0.4, 0.5) is 0 Å². The zero-order valence-electron chi connectivity index (χ0n) is 20.8. The van der Waals surface area contributed by atoms with Gasteiger partial charge >= 0.3 is 11.9 Å². The van der Waals surface area contributed by atoms with E-state index in [1.165, 1.54) is 26.3 Å². The Hall–Kier alpha value is -3.42. The summed E-state index contributed by atoms with van der Waals surface area (Å²) in [6, 6.07) is 9.17. The summed E-state index contributed by atoms with van der Waals surface area (Å²) in [5, 5.41) is 0. The van der Waals surface area contributed by atoms with Crippen molar-refractivity contribution in [1.29, 1.82) is 0 Å². The Morgan fingerprint density at radius 2 is 1.59 bits per heavy atom. The Morgan fingerprint density at radius 1 is 0.941 bits per heavy atom. The summed E-state index contributed by atoms with van der Waals surface area (Å²) in [4.78, 5) is 41.3. The minimum Gasteiger partial charge on any atom is -0.497 e. The Balaban J connectivity index is 2.13. The first-order valence-corrected chi connectivity index (χ1v) is 11.2. The van der Waals surface area contributed by atoms with Gasteiger partial charge in [-0.05, 0) is 30.5 Å². The molecule has 8 heteroatoms. The maximum atomic E-state index is 12.9. The van der Waals surface area contributed by atoms with E-state index in [4.69, 9.17) is 18.9 Å². The molecular weight excluding hydrogens is 438 g/mol. The molecule has 0 aliphatic heterocycles. The standard InChI is InChI=1S/C26H33NO7/c1-15(2)23(19-8-10-20(31-6)11-9-19)17(4)33-26(30)16(3)14-21(29)24-25(34-18(5)28)22(32-7)12-13-27-24/h8-13,15-17,23H,14H2,1-7H3/t16-,17+,23-/m1/s1. The van der Waals surface area contributed by atoms with Crippen molar-refractivity contribution >= 4 is 17.7 Å². The van der Waals surface area contributed by atoms with Gasteiger partial charge in [-0.2, -0.15) is 0 Å². The van der Waals surface area contributed by atoms with Crippen molar-refractivity contribution in [3.05, 3.63) is 47.8 Å². The third-order valence-electron chi connectivity index (χ3n) is 5.52. The van der Waals surface area contributed by atoms with Crippen molar-refractivity contribution in [2.45, 2.75) is 53.1 Å². The smallest absolute Gasteiger partial charge is 0.309 e. The van der Waals surface area contributed by atoms with Gasteiger partial charge in [0.05, 0.1) is 20.1 Å². The molecule has 34 heavy (non-hydrogen) atoms. The third-order valence-corrected chi connectivity index (χ3v) is 5.52. The van der Waals surface area contributed by atoms with Crippen molar-refractivity contribution in [3.8, 4) is 17.2 Å². The fraction of sp³-hybridized carbons (Fsp3) is 0.462. The Bertz CT molecular complexity index is 1000. The Morgan fingerprint density at radius 3 is 2.12 bits per heavy atom. The molecule has 2 aromatic rings. The lowest BCUT2D eigenvalue weighted by Crippen LogP contribution is -2.29. The maximum Gasteiger partial charge on any atom is 0.309 e. The van der Waals surface area contributed by atoms with Crippen LogP contribution in [-0.4, -0.2) is 43.0 Å². The number of carbonyl (C=O) groups excluding carboxylic acids is 3. The summed E-state index contributed by atoms with van der Waals surface area (Å²) in [5.41, 5.74) is 0.965. The molecule has 0 saturated heterocycles. The number of ether oxygens (including phenoxy) is 4. The van der Waals surface area contributed by atoms with Crippen LogP contribution in [0.3, 0.4) is 0 Å². The van der Waals surface area contributed by atoms with Gasteiger partial charge in [-0.15, -0.1) is 0 Å². The number of ketones is 1. The van der Waals surface area contributed by atoms with E-state index < -0.39 is 29.7 Å². The predicted octanol–water partition coefficient (Wildman–Crippen LogP) is 4.60. The molecule has 1 aromatic carbocycles. The lowest BCUT2D eigenvalue weighted by Gasteiger charge is -2.28. The van der Waals surface area contributed by atoms with Crippen LogP contribution in [-0.2, 0) is 14.3 Å². The molecule has 3 atom stereocenters. The highest BCUT2D eigenvalue weighted by Gasteiger charge is 2.30. The number of esters is 2. The van der Waals surface area contributed by atoms with Crippen molar-refractivity contribution < 1.29 is 33.3 Å². The highest BCUT2D eigenvalue weighted by atomic mass is 16.6. The lowest BCUT2D eigenvalue weighted by atomic mass is 9.84. The summed E-state index contributed by atoms with van der Waals surface area (Å²) in [5.74, 6) is -1.21. The van der Waals surface area contributed by atoms with E-state index >= 15 is 0 Å². The molecule has 0 N–H and O–H groups in total. The van der Waals surface area contributed by atoms with Crippen LogP contribution in [0.25, 0.3) is 0 Å². The van der Waals surface area contributed by atoms with Gasteiger partial charge in [-0.25, -0.2) is 4.98 Å². The second-order valence-electron chi connectivity index (χ2n) is 8.50. The van der Waals surface area contributed by atoms with Gasteiger partial charge < -0.3 is 18.9 Å². The van der Waals surface area contributed by atoms with Gasteiger partial charge in [0.25, 0.3) is 0 Å². The average molecular weight is 472 g/mol. The van der Waals surface area contributed by atoms with Crippen LogP contribution in [0.5, 0.6) is 17.2 Å². The van der Waals surface area contributed by atoms with E-state index in [1.807, 2.05) is 31.2 Å². The molecule has 0 saturated carbocycles. The lowest BCUT2D eigenvalue weighted by molar-refractivity contribution is -0.154. The van der Waals surface area contributed by atoms with Crippen LogP contribution in [0.2, 0.25) is 0 Å². The Labute approximate surface area is 200 Å². The number of hydrogen-bond acceptors (Lipinski definition) is 8. The SMILES string of the molecule is COc1ccc([C@H](C(C)C)[C@H](C)OC(=O)[C@H](C)CC(=O)c2nccc(OC)c2OC(C)=O)cc1. The molecule has 0 amide bonds. The molecule has 184 valence electrons. The van der Waals surface area contributed by atoms with E-state index in [0.717, 1.165) is 11.3 Å². The van der Waals surface area contributed by atoms with Gasteiger partial charge in [0.15, 0.2) is 17.2 Å². The third kappa shape index (κ3) is 6.79. The number of nitrogens with zero attached hydrogens (tertiary/aromatic N) is 1. The summed E-state index contributed by atoms with van der Waals surface area (Å²) >= 11 is 0. The normalized spacial score (nSPS) is 13.5. The monoisotopic (exact) mass is 471 g/mol. The van der Waals surface area contributed by atoms with Crippen LogP contribution < -0.4 is 14.2 Å². The molecule has 1 aromatic heterocycles. The van der Waals surface area contributed by atoms with E-state index in [1.54, 1.807) is 14.0 Å². The average Bonchev–Trinajstić information content (AvgIpc) is 2.78. The van der Waals surface area contributed by atoms with Gasteiger partial charge in [-0.3, -0.25) is 14.4 Å². The summed E-state index contributed by atoms with van der Waals surface area (Å²) in [7, 11) is 3.00. The van der Waals surface area contributed by atoms with Crippen molar-refractivity contribution in [1.82, 2.24) is 4.98 Å². The molecule has 2 rings (SSSR count). The first kappa shape index (κ1) is 26.8. The van der Waals surface area contributed by atoms with Gasteiger partial charge in [0.2, 0.25) is 5.75 Å². The summed E-state index contributed by atoms with van der Waals surface area (Å²) in [6.45, 7) is 8.82. The molecular formula is C26H33NO7. The first-order chi connectivity index (χ1) is 16.1. The largest absolute Gasteiger partial charge is 0.497 e. The number of rotatable bonds is 11. The number of benzene rings is 1. The second-order valence-corrected chi connectivity index (χ2v) is 8.50. The van der Waals surface area contributed by atoms with Crippen molar-refractivity contribution in [3.63, 3.8) is 0 Å². The molecule has 0 fully saturated rings. The van der Waals surface area contributed by atoms with Crippen LogP contribution in [0.15, 0.2) is 36.5 Å². The molecule has 0 radical (unpaired) electrons. The van der Waals surface area contributed by atoms with Gasteiger partial charge in [0.1, 0.15) is 11.9 Å². The zero-order valence-corrected chi connectivity index (χ0v) is 20.8. The van der Waals surface area contributed by atoms with Crippen LogP contribution >= 0.6 is 0 Å². The van der Waals surface area contributed by atoms with Gasteiger partial charge in [-0.1, -0.05) is 32.9 Å². The van der Waals surface area contributed by atoms with Crippen molar-refractivity contribution in [2.24, 2.45) is 11.8 Å². The number of pyridine rings is 1. The van der Waals surface area contributed by atoms with Crippen LogP contribution in [0.1, 0.15) is 63.0 Å². The van der Waals surface area contributed by atoms with Gasteiger partial charge in [0, 0.05) is 31.5 Å². The molecule has 0 aliphatic rings. The molecule has 0 spiro atoms. The fourth-order valence-electron chi connectivity index (χ4n) is 3.89. The van der Waals surface area contributed by atoms with E-state index in [0.29, 0.717) is 0 Å². The highest BCUT2D eigenvalue weighted by Crippen LogP contribution is 2.33. The maximum absolute atomic E-state index is 12.9. The predicted molar refractivity (Wildman–Crippen MR) is 126 cm³/mol. The van der Waals surface area contributed by atoms with E-state index in [9.17, 15) is 14.4 Å². The number of hydrogen-bond donors (Lipinski definition) is 0. The zero-order chi connectivity index (χ0) is 25.4. The molecule has 8 nitrogen and oxygen atoms in total. The topological polar surface area (TPSA) is 101 Å². The fourth-order valence-corrected chi connectivity index (χ4v) is 3.89. The van der Waals surface area contributed by atoms with Crippen LogP contribution in [0, 0.1) is 11.8 Å². The Kier molecular flexibility index (Phi) is 9.59.